The van der Waals surface area contributed by atoms with Crippen molar-refractivity contribution in [3.8, 4) is 16.9 Å². The number of benzene rings is 1. The van der Waals surface area contributed by atoms with E-state index in [0.29, 0.717) is 0 Å². The molecule has 0 fully saturated rings. The number of aromatic carboxylic acids is 1. The van der Waals surface area contributed by atoms with Gasteiger partial charge in [-0.2, -0.15) is 0 Å². The molecule has 0 aliphatic carbocycles. The Morgan fingerprint density at radius 3 is 2.36 bits per heavy atom. The molecule has 0 aliphatic heterocycles. The Labute approximate surface area is 130 Å². The number of aromatic nitrogens is 1. The fraction of sp³-hybridized carbons (Fsp3) is 0.333. The van der Waals surface area contributed by atoms with E-state index in [4.69, 9.17) is 9.84 Å². The molecule has 0 aliphatic rings. The average Bonchev–Trinajstić information content (AvgIpc) is 2.55. The zero-order valence-electron chi connectivity index (χ0n) is 12.8. The molecule has 4 heteroatoms. The summed E-state index contributed by atoms with van der Waals surface area (Å²) >= 11 is 0. The Morgan fingerprint density at radius 1 is 1.05 bits per heavy atom. The third-order valence-corrected chi connectivity index (χ3v) is 3.44. The molecule has 0 amide bonds. The van der Waals surface area contributed by atoms with Gasteiger partial charge in [-0.05, 0) is 30.2 Å². The first-order chi connectivity index (χ1) is 10.7. The van der Waals surface area contributed by atoms with Gasteiger partial charge in [0.2, 0.25) is 0 Å². The van der Waals surface area contributed by atoms with Crippen LogP contribution in [0.5, 0.6) is 5.75 Å². The van der Waals surface area contributed by atoms with Crippen molar-refractivity contribution in [2.75, 3.05) is 6.61 Å². The summed E-state index contributed by atoms with van der Waals surface area (Å²) in [6.07, 6.45) is 6.33. The molecule has 4 nitrogen and oxygen atoms in total. The van der Waals surface area contributed by atoms with Crippen molar-refractivity contribution >= 4 is 5.97 Å². The van der Waals surface area contributed by atoms with Gasteiger partial charge in [0, 0.05) is 11.8 Å². The van der Waals surface area contributed by atoms with Crippen LogP contribution < -0.4 is 4.74 Å². The van der Waals surface area contributed by atoms with Gasteiger partial charge in [0.15, 0.2) is 0 Å². The summed E-state index contributed by atoms with van der Waals surface area (Å²) in [4.78, 5) is 14.7. The Kier molecular flexibility index (Phi) is 5.95. The van der Waals surface area contributed by atoms with Crippen molar-refractivity contribution in [1.29, 1.82) is 0 Å². The smallest absolute Gasteiger partial charge is 0.354 e. The number of carbonyl (C=O) groups is 1. The lowest BCUT2D eigenvalue weighted by atomic mass is 10.1. The molecule has 0 saturated carbocycles. The van der Waals surface area contributed by atoms with E-state index in [0.717, 1.165) is 29.9 Å². The molecule has 1 aromatic carbocycles. The second-order valence-electron chi connectivity index (χ2n) is 5.17. The van der Waals surface area contributed by atoms with Crippen LogP contribution in [0, 0.1) is 0 Å². The van der Waals surface area contributed by atoms with E-state index < -0.39 is 5.97 Å². The largest absolute Gasteiger partial charge is 0.494 e. The molecule has 1 N–H and O–H groups in total. The second kappa shape index (κ2) is 8.17. The first-order valence-electron chi connectivity index (χ1n) is 7.63. The van der Waals surface area contributed by atoms with Crippen LogP contribution in [-0.4, -0.2) is 22.7 Å². The molecule has 0 atom stereocenters. The van der Waals surface area contributed by atoms with Gasteiger partial charge in [-0.1, -0.05) is 44.4 Å². The van der Waals surface area contributed by atoms with Crippen molar-refractivity contribution in [3.63, 3.8) is 0 Å². The van der Waals surface area contributed by atoms with Gasteiger partial charge in [0.25, 0.3) is 0 Å². The maximum Gasteiger partial charge on any atom is 0.354 e. The SMILES string of the molecule is CCCCCCOc1ccc(-c2ccc(C(=O)O)nc2)cc1. The maximum atomic E-state index is 10.8. The minimum absolute atomic E-state index is 0.0517. The van der Waals surface area contributed by atoms with Crippen LogP contribution in [-0.2, 0) is 0 Å². The number of carboxylic acid groups (broad SMARTS) is 1. The molecule has 0 radical (unpaired) electrons. The number of rotatable bonds is 8. The zero-order valence-corrected chi connectivity index (χ0v) is 12.8. The maximum absolute atomic E-state index is 10.8. The zero-order chi connectivity index (χ0) is 15.8. The molecule has 22 heavy (non-hydrogen) atoms. The molecule has 0 saturated heterocycles. The van der Waals surface area contributed by atoms with Crippen molar-refractivity contribution in [1.82, 2.24) is 4.98 Å². The highest BCUT2D eigenvalue weighted by Crippen LogP contribution is 2.22. The Morgan fingerprint density at radius 2 is 1.77 bits per heavy atom. The monoisotopic (exact) mass is 299 g/mol. The number of hydrogen-bond acceptors (Lipinski definition) is 3. The van der Waals surface area contributed by atoms with Gasteiger partial charge in [0.1, 0.15) is 11.4 Å². The summed E-state index contributed by atoms with van der Waals surface area (Å²) in [6, 6.07) is 11.0. The normalized spacial score (nSPS) is 10.4. The third kappa shape index (κ3) is 4.58. The second-order valence-corrected chi connectivity index (χ2v) is 5.17. The minimum Gasteiger partial charge on any atom is -0.494 e. The van der Waals surface area contributed by atoms with Crippen molar-refractivity contribution in [2.24, 2.45) is 0 Å². The van der Waals surface area contributed by atoms with Crippen LogP contribution in [0.2, 0.25) is 0 Å². The molecule has 116 valence electrons. The molecule has 1 heterocycles. The van der Waals surface area contributed by atoms with Crippen LogP contribution >= 0.6 is 0 Å². The molecule has 0 bridgehead atoms. The summed E-state index contributed by atoms with van der Waals surface area (Å²) in [5.74, 6) is -0.159. The fourth-order valence-electron chi connectivity index (χ4n) is 2.15. The standard InChI is InChI=1S/C18H21NO3/c1-2-3-4-5-12-22-16-9-6-14(7-10-16)15-8-11-17(18(20)21)19-13-15/h6-11,13H,2-5,12H2,1H3,(H,20,21). The van der Waals surface area contributed by atoms with Crippen LogP contribution in [0.3, 0.4) is 0 Å². The number of carboxylic acids is 1. The van der Waals surface area contributed by atoms with Gasteiger partial charge in [0.05, 0.1) is 6.61 Å². The van der Waals surface area contributed by atoms with Crippen molar-refractivity contribution < 1.29 is 14.6 Å². The van der Waals surface area contributed by atoms with Gasteiger partial charge in [-0.25, -0.2) is 9.78 Å². The summed E-state index contributed by atoms with van der Waals surface area (Å²) in [7, 11) is 0. The van der Waals surface area contributed by atoms with Crippen LogP contribution in [0.1, 0.15) is 43.1 Å². The van der Waals surface area contributed by atoms with Crippen LogP contribution in [0.4, 0.5) is 0 Å². The lowest BCUT2D eigenvalue weighted by Crippen LogP contribution is -1.99. The number of pyridine rings is 1. The summed E-state index contributed by atoms with van der Waals surface area (Å²) in [5.41, 5.74) is 1.93. The predicted molar refractivity (Wildman–Crippen MR) is 86.3 cm³/mol. The highest BCUT2D eigenvalue weighted by atomic mass is 16.5. The molecule has 0 spiro atoms. The molecule has 2 aromatic rings. The van der Waals surface area contributed by atoms with Crippen molar-refractivity contribution in [2.45, 2.75) is 32.6 Å². The topological polar surface area (TPSA) is 59.4 Å². The van der Waals surface area contributed by atoms with Crippen LogP contribution in [0.25, 0.3) is 11.1 Å². The highest BCUT2D eigenvalue weighted by Gasteiger charge is 2.05. The summed E-state index contributed by atoms with van der Waals surface area (Å²) < 4.78 is 5.70. The Balaban J connectivity index is 1.92. The minimum atomic E-state index is -1.02. The van der Waals surface area contributed by atoms with Gasteiger partial charge in [-0.15, -0.1) is 0 Å². The Hall–Kier alpha value is -2.36. The first-order valence-corrected chi connectivity index (χ1v) is 7.63. The van der Waals surface area contributed by atoms with Crippen molar-refractivity contribution in [3.05, 3.63) is 48.3 Å². The fourth-order valence-corrected chi connectivity index (χ4v) is 2.15. The number of nitrogens with zero attached hydrogens (tertiary/aromatic N) is 1. The number of ether oxygens (including phenoxy) is 1. The lowest BCUT2D eigenvalue weighted by Gasteiger charge is -2.07. The number of hydrogen-bond donors (Lipinski definition) is 1. The first kappa shape index (κ1) is 16.0. The molecule has 0 unspecified atom stereocenters. The lowest BCUT2D eigenvalue weighted by molar-refractivity contribution is 0.0690. The van der Waals surface area contributed by atoms with E-state index >= 15 is 0 Å². The van der Waals surface area contributed by atoms with Crippen LogP contribution in [0.15, 0.2) is 42.6 Å². The average molecular weight is 299 g/mol. The molecule has 2 rings (SSSR count). The van der Waals surface area contributed by atoms with E-state index in [1.165, 1.54) is 25.3 Å². The van der Waals surface area contributed by atoms with E-state index in [1.807, 2.05) is 24.3 Å². The van der Waals surface area contributed by atoms with Gasteiger partial charge >= 0.3 is 5.97 Å². The van der Waals surface area contributed by atoms with E-state index in [-0.39, 0.29) is 5.69 Å². The van der Waals surface area contributed by atoms with Gasteiger partial charge in [-0.3, -0.25) is 0 Å². The summed E-state index contributed by atoms with van der Waals surface area (Å²) in [6.45, 7) is 2.94. The number of unbranched alkanes of at least 4 members (excludes halogenated alkanes) is 3. The summed E-state index contributed by atoms with van der Waals surface area (Å²) in [5, 5.41) is 8.84. The quantitative estimate of drug-likeness (QED) is 0.734. The Bertz CT molecular complexity index is 591. The van der Waals surface area contributed by atoms with E-state index in [1.54, 1.807) is 12.3 Å². The molecule has 1 aromatic heterocycles. The van der Waals surface area contributed by atoms with E-state index in [9.17, 15) is 4.79 Å². The highest BCUT2D eigenvalue weighted by molar-refractivity contribution is 5.85. The predicted octanol–water partition coefficient (Wildman–Crippen LogP) is 4.41. The van der Waals surface area contributed by atoms with E-state index in [2.05, 4.69) is 11.9 Å². The third-order valence-electron chi connectivity index (χ3n) is 3.44. The van der Waals surface area contributed by atoms with Gasteiger partial charge < -0.3 is 9.84 Å². The molecular formula is C18H21NO3. The molecular weight excluding hydrogens is 278 g/mol.